The number of carbonyl (C=O) groups is 2. The predicted molar refractivity (Wildman–Crippen MR) is 128 cm³/mol. The zero-order chi connectivity index (χ0) is 21.9. The number of thiazole rings is 1. The van der Waals surface area contributed by atoms with Crippen LogP contribution in [0.25, 0.3) is 21.8 Å². The Kier molecular flexibility index (Phi) is 5.52. The summed E-state index contributed by atoms with van der Waals surface area (Å²) in [7, 11) is 0. The van der Waals surface area contributed by atoms with Crippen molar-refractivity contribution >= 4 is 28.8 Å². The molecule has 158 valence electrons. The summed E-state index contributed by atoms with van der Waals surface area (Å²) in [5, 5.41) is 6.71. The first kappa shape index (κ1) is 20.2. The Morgan fingerprint density at radius 3 is 2.19 bits per heavy atom. The SMILES string of the molecule is O=C(NC1CC1)c1cccc(NC(=O)c2sc(-c3ccccc3)nc2-c2ccccc2)c1. The first-order chi connectivity index (χ1) is 15.7. The van der Waals surface area contributed by atoms with Crippen LogP contribution in [0, 0.1) is 0 Å². The van der Waals surface area contributed by atoms with Gasteiger partial charge in [0.05, 0.1) is 5.69 Å². The number of carbonyl (C=O) groups excluding carboxylic acids is 2. The molecule has 4 aromatic rings. The Labute approximate surface area is 190 Å². The van der Waals surface area contributed by atoms with Crippen LogP contribution in [0.3, 0.4) is 0 Å². The number of aromatic nitrogens is 1. The molecule has 3 aromatic carbocycles. The molecule has 1 aliphatic carbocycles. The molecular weight excluding hydrogens is 418 g/mol. The van der Waals surface area contributed by atoms with E-state index < -0.39 is 0 Å². The number of nitrogens with one attached hydrogen (secondary N) is 2. The molecule has 2 N–H and O–H groups in total. The number of hydrogen-bond acceptors (Lipinski definition) is 4. The molecule has 0 atom stereocenters. The van der Waals surface area contributed by atoms with Gasteiger partial charge in [0.15, 0.2) is 0 Å². The average Bonchev–Trinajstić information content (AvgIpc) is 3.53. The number of anilines is 1. The standard InChI is InChI=1S/C26H21N3O2S/c30-24(27-20-14-15-20)19-12-7-13-21(16-19)28-25(31)23-22(17-8-3-1-4-9-17)29-26(32-23)18-10-5-2-6-11-18/h1-13,16,20H,14-15H2,(H,27,30)(H,28,31). The molecule has 0 saturated heterocycles. The fourth-order valence-corrected chi connectivity index (χ4v) is 4.38. The number of benzene rings is 3. The molecule has 0 unspecified atom stereocenters. The van der Waals surface area contributed by atoms with Crippen molar-refractivity contribution in [2.45, 2.75) is 18.9 Å². The van der Waals surface area contributed by atoms with Crippen LogP contribution >= 0.6 is 11.3 Å². The van der Waals surface area contributed by atoms with Gasteiger partial charge in [-0.25, -0.2) is 4.98 Å². The van der Waals surface area contributed by atoms with E-state index in [2.05, 4.69) is 10.6 Å². The van der Waals surface area contributed by atoms with E-state index >= 15 is 0 Å². The van der Waals surface area contributed by atoms with Gasteiger partial charge in [-0.3, -0.25) is 9.59 Å². The third kappa shape index (κ3) is 4.45. The fourth-order valence-electron chi connectivity index (χ4n) is 3.39. The quantitative estimate of drug-likeness (QED) is 0.409. The molecule has 1 fully saturated rings. The van der Waals surface area contributed by atoms with Gasteiger partial charge in [0.25, 0.3) is 11.8 Å². The van der Waals surface area contributed by atoms with E-state index in [9.17, 15) is 9.59 Å². The summed E-state index contributed by atoms with van der Waals surface area (Å²) in [6.45, 7) is 0. The van der Waals surface area contributed by atoms with Crippen molar-refractivity contribution in [1.82, 2.24) is 10.3 Å². The first-order valence-electron chi connectivity index (χ1n) is 10.5. The van der Waals surface area contributed by atoms with Gasteiger partial charge in [-0.2, -0.15) is 0 Å². The van der Waals surface area contributed by atoms with Crippen molar-refractivity contribution in [2.24, 2.45) is 0 Å². The minimum absolute atomic E-state index is 0.113. The fraction of sp³-hybridized carbons (Fsp3) is 0.115. The lowest BCUT2D eigenvalue weighted by molar-refractivity contribution is 0.0949. The molecule has 0 bridgehead atoms. The number of amides is 2. The highest BCUT2D eigenvalue weighted by Crippen LogP contribution is 2.34. The molecule has 1 saturated carbocycles. The molecule has 1 aromatic heterocycles. The van der Waals surface area contributed by atoms with Crippen LogP contribution in [0.2, 0.25) is 0 Å². The highest BCUT2D eigenvalue weighted by Gasteiger charge is 2.24. The van der Waals surface area contributed by atoms with E-state index in [4.69, 9.17) is 4.98 Å². The molecule has 1 aliphatic rings. The molecule has 1 heterocycles. The van der Waals surface area contributed by atoms with E-state index in [0.717, 1.165) is 29.0 Å². The highest BCUT2D eigenvalue weighted by molar-refractivity contribution is 7.17. The smallest absolute Gasteiger partial charge is 0.268 e. The molecule has 6 heteroatoms. The van der Waals surface area contributed by atoms with Crippen molar-refractivity contribution < 1.29 is 9.59 Å². The van der Waals surface area contributed by atoms with Gasteiger partial charge in [0, 0.05) is 28.4 Å². The Morgan fingerprint density at radius 1 is 0.812 bits per heavy atom. The van der Waals surface area contributed by atoms with Crippen molar-refractivity contribution in [1.29, 1.82) is 0 Å². The molecule has 5 nitrogen and oxygen atoms in total. The summed E-state index contributed by atoms with van der Waals surface area (Å²) >= 11 is 1.36. The van der Waals surface area contributed by atoms with Gasteiger partial charge < -0.3 is 10.6 Å². The van der Waals surface area contributed by atoms with Crippen molar-refractivity contribution in [3.8, 4) is 21.8 Å². The minimum Gasteiger partial charge on any atom is -0.349 e. The van der Waals surface area contributed by atoms with Gasteiger partial charge in [0.1, 0.15) is 9.88 Å². The second-order valence-electron chi connectivity index (χ2n) is 7.71. The van der Waals surface area contributed by atoms with E-state index in [1.54, 1.807) is 24.3 Å². The van der Waals surface area contributed by atoms with Crippen molar-refractivity contribution in [3.05, 3.63) is 95.4 Å². The average molecular weight is 440 g/mol. The van der Waals surface area contributed by atoms with Crippen LogP contribution in [0.1, 0.15) is 32.9 Å². The predicted octanol–water partition coefficient (Wildman–Crippen LogP) is 5.62. The van der Waals surface area contributed by atoms with Gasteiger partial charge in [-0.05, 0) is 31.0 Å². The molecular formula is C26H21N3O2S. The molecule has 0 spiro atoms. The minimum atomic E-state index is -0.247. The Morgan fingerprint density at radius 2 is 1.50 bits per heavy atom. The Hall–Kier alpha value is -3.77. The van der Waals surface area contributed by atoms with Gasteiger partial charge in [-0.1, -0.05) is 66.7 Å². The summed E-state index contributed by atoms with van der Waals surface area (Å²) in [6.07, 6.45) is 2.05. The summed E-state index contributed by atoms with van der Waals surface area (Å²) in [5.74, 6) is -0.360. The van der Waals surface area contributed by atoms with Gasteiger partial charge >= 0.3 is 0 Å². The lowest BCUT2D eigenvalue weighted by Gasteiger charge is -2.08. The largest absolute Gasteiger partial charge is 0.349 e. The molecule has 0 radical (unpaired) electrons. The topological polar surface area (TPSA) is 71.1 Å². The lowest BCUT2D eigenvalue weighted by atomic mass is 10.1. The number of nitrogens with zero attached hydrogens (tertiary/aromatic N) is 1. The molecule has 0 aliphatic heterocycles. The maximum absolute atomic E-state index is 13.3. The second kappa shape index (κ2) is 8.77. The van der Waals surface area contributed by atoms with Crippen LogP contribution in [-0.2, 0) is 0 Å². The number of rotatable bonds is 6. The monoisotopic (exact) mass is 439 g/mol. The Bertz CT molecular complexity index is 1260. The van der Waals surface area contributed by atoms with Crippen LogP contribution in [0.15, 0.2) is 84.9 Å². The lowest BCUT2D eigenvalue weighted by Crippen LogP contribution is -2.25. The van der Waals surface area contributed by atoms with E-state index in [1.165, 1.54) is 11.3 Å². The molecule has 2 amide bonds. The molecule has 32 heavy (non-hydrogen) atoms. The van der Waals surface area contributed by atoms with Gasteiger partial charge in [-0.15, -0.1) is 11.3 Å². The summed E-state index contributed by atoms with van der Waals surface area (Å²) in [5.41, 5.74) is 3.61. The highest BCUT2D eigenvalue weighted by atomic mass is 32.1. The normalized spacial score (nSPS) is 12.9. The molecule has 5 rings (SSSR count). The van der Waals surface area contributed by atoms with E-state index in [0.29, 0.717) is 21.8 Å². The van der Waals surface area contributed by atoms with E-state index in [-0.39, 0.29) is 17.9 Å². The third-order valence-corrected chi connectivity index (χ3v) is 6.30. The maximum atomic E-state index is 13.3. The third-order valence-electron chi connectivity index (χ3n) is 5.20. The van der Waals surface area contributed by atoms with Crippen molar-refractivity contribution in [3.63, 3.8) is 0 Å². The van der Waals surface area contributed by atoms with Crippen LogP contribution in [0.4, 0.5) is 5.69 Å². The van der Waals surface area contributed by atoms with Gasteiger partial charge in [0.2, 0.25) is 0 Å². The van der Waals surface area contributed by atoms with Crippen molar-refractivity contribution in [2.75, 3.05) is 5.32 Å². The summed E-state index contributed by atoms with van der Waals surface area (Å²) < 4.78 is 0. The number of hydrogen-bond donors (Lipinski definition) is 2. The van der Waals surface area contributed by atoms with E-state index in [1.807, 2.05) is 60.7 Å². The summed E-state index contributed by atoms with van der Waals surface area (Å²) in [4.78, 5) is 31.0. The Balaban J connectivity index is 1.45. The maximum Gasteiger partial charge on any atom is 0.268 e. The zero-order valence-corrected chi connectivity index (χ0v) is 18.1. The van der Waals surface area contributed by atoms with Crippen LogP contribution < -0.4 is 10.6 Å². The zero-order valence-electron chi connectivity index (χ0n) is 17.2. The van der Waals surface area contributed by atoms with Crippen LogP contribution in [-0.4, -0.2) is 22.8 Å². The second-order valence-corrected chi connectivity index (χ2v) is 8.71. The summed E-state index contributed by atoms with van der Waals surface area (Å²) in [6, 6.07) is 26.8. The van der Waals surface area contributed by atoms with Crippen LogP contribution in [0.5, 0.6) is 0 Å². The first-order valence-corrected chi connectivity index (χ1v) is 11.3.